The van der Waals surface area contributed by atoms with E-state index >= 15 is 0 Å². The molecule has 6 nitrogen and oxygen atoms in total. The highest BCUT2D eigenvalue weighted by molar-refractivity contribution is 6.01. The Kier molecular flexibility index (Phi) is 5.19. The Balaban J connectivity index is 2.13. The van der Waals surface area contributed by atoms with Crippen molar-refractivity contribution in [1.29, 1.82) is 0 Å². The Bertz CT molecular complexity index is 741. The van der Waals surface area contributed by atoms with Crippen LogP contribution in [0.5, 0.6) is 17.2 Å². The van der Waals surface area contributed by atoms with Crippen molar-refractivity contribution in [1.82, 2.24) is 5.43 Å². The first-order valence-corrected chi connectivity index (χ1v) is 6.91. The van der Waals surface area contributed by atoms with Gasteiger partial charge in [0.25, 0.3) is 5.91 Å². The molecular weight excluding hydrogens is 296 g/mol. The molecule has 0 aromatic heterocycles. The van der Waals surface area contributed by atoms with Crippen molar-refractivity contribution < 1.29 is 19.4 Å². The molecule has 1 amide bonds. The van der Waals surface area contributed by atoms with Crippen LogP contribution in [0.25, 0.3) is 0 Å². The number of benzene rings is 2. The number of hydrogen-bond acceptors (Lipinski definition) is 5. The van der Waals surface area contributed by atoms with Crippen LogP contribution in [-0.2, 0) is 0 Å². The Morgan fingerprint density at radius 3 is 2.57 bits per heavy atom. The smallest absolute Gasteiger partial charge is 0.271 e. The van der Waals surface area contributed by atoms with E-state index in [0.717, 1.165) is 5.56 Å². The number of hydrazone groups is 1. The Morgan fingerprint density at radius 2 is 1.87 bits per heavy atom. The van der Waals surface area contributed by atoms with E-state index in [0.29, 0.717) is 22.8 Å². The van der Waals surface area contributed by atoms with E-state index in [-0.39, 0.29) is 11.7 Å². The standard InChI is InChI=1S/C17H18N2O4/c1-11(12-7-8-15(20)16(10-12)23-3)18-19-17(21)13-5-4-6-14(9-13)22-2/h4-10,20H,1-3H3,(H,19,21)/b18-11+. The molecule has 2 N–H and O–H groups in total. The van der Waals surface area contributed by atoms with Gasteiger partial charge in [0.1, 0.15) is 5.75 Å². The third-order valence-electron chi connectivity index (χ3n) is 3.25. The normalized spacial score (nSPS) is 11.0. The van der Waals surface area contributed by atoms with Gasteiger partial charge in [0.05, 0.1) is 19.9 Å². The number of nitrogens with zero attached hydrogens (tertiary/aromatic N) is 1. The molecule has 0 fully saturated rings. The third kappa shape index (κ3) is 4.00. The summed E-state index contributed by atoms with van der Waals surface area (Å²) < 4.78 is 10.1. The van der Waals surface area contributed by atoms with Crippen LogP contribution in [0.1, 0.15) is 22.8 Å². The van der Waals surface area contributed by atoms with Crippen LogP contribution in [0.15, 0.2) is 47.6 Å². The minimum atomic E-state index is -0.339. The van der Waals surface area contributed by atoms with Gasteiger partial charge in [-0.05, 0) is 43.3 Å². The molecule has 0 spiro atoms. The molecule has 0 saturated carbocycles. The van der Waals surface area contributed by atoms with Crippen LogP contribution in [0.2, 0.25) is 0 Å². The van der Waals surface area contributed by atoms with Crippen LogP contribution in [0.4, 0.5) is 0 Å². The van der Waals surface area contributed by atoms with E-state index in [1.54, 1.807) is 43.3 Å². The SMILES string of the molecule is COc1cccc(C(=O)N/N=C(\C)c2ccc(O)c(OC)c2)c1. The molecule has 2 rings (SSSR count). The largest absolute Gasteiger partial charge is 0.504 e. The number of hydrogen-bond donors (Lipinski definition) is 2. The number of nitrogens with one attached hydrogen (secondary N) is 1. The van der Waals surface area contributed by atoms with E-state index in [9.17, 15) is 9.90 Å². The van der Waals surface area contributed by atoms with Gasteiger partial charge < -0.3 is 14.6 Å². The number of aromatic hydroxyl groups is 1. The van der Waals surface area contributed by atoms with Crippen molar-refractivity contribution in [3.8, 4) is 17.2 Å². The minimum absolute atomic E-state index is 0.0458. The molecule has 0 aliphatic carbocycles. The molecule has 120 valence electrons. The predicted octanol–water partition coefficient (Wildman–Crippen LogP) is 2.56. The quantitative estimate of drug-likeness (QED) is 0.656. The van der Waals surface area contributed by atoms with Crippen molar-refractivity contribution in [2.75, 3.05) is 14.2 Å². The highest BCUT2D eigenvalue weighted by Crippen LogP contribution is 2.26. The zero-order valence-corrected chi connectivity index (χ0v) is 13.2. The Labute approximate surface area is 134 Å². The second kappa shape index (κ2) is 7.31. The first-order valence-electron chi connectivity index (χ1n) is 6.91. The van der Waals surface area contributed by atoms with Crippen molar-refractivity contribution >= 4 is 11.6 Å². The zero-order valence-electron chi connectivity index (χ0n) is 13.2. The lowest BCUT2D eigenvalue weighted by atomic mass is 10.1. The maximum absolute atomic E-state index is 12.1. The van der Waals surface area contributed by atoms with Crippen molar-refractivity contribution in [2.45, 2.75) is 6.92 Å². The first-order chi connectivity index (χ1) is 11.0. The topological polar surface area (TPSA) is 80.2 Å². The Morgan fingerprint density at radius 1 is 1.09 bits per heavy atom. The lowest BCUT2D eigenvalue weighted by Gasteiger charge is -2.07. The molecule has 0 saturated heterocycles. The number of amides is 1. The zero-order chi connectivity index (χ0) is 16.8. The summed E-state index contributed by atoms with van der Waals surface area (Å²) in [7, 11) is 3.01. The lowest BCUT2D eigenvalue weighted by molar-refractivity contribution is 0.0954. The van der Waals surface area contributed by atoms with Gasteiger partial charge in [0.15, 0.2) is 11.5 Å². The van der Waals surface area contributed by atoms with Gasteiger partial charge in [-0.15, -0.1) is 0 Å². The molecule has 0 bridgehead atoms. The first kappa shape index (κ1) is 16.4. The van der Waals surface area contributed by atoms with Crippen LogP contribution >= 0.6 is 0 Å². The maximum atomic E-state index is 12.1. The average molecular weight is 314 g/mol. The second-order valence-corrected chi connectivity index (χ2v) is 4.76. The summed E-state index contributed by atoms with van der Waals surface area (Å²) in [5.41, 5.74) is 4.25. The summed E-state index contributed by atoms with van der Waals surface area (Å²) in [6.07, 6.45) is 0. The summed E-state index contributed by atoms with van der Waals surface area (Å²) in [5.74, 6) is 0.649. The molecule has 0 unspecified atom stereocenters. The number of methoxy groups -OCH3 is 2. The molecule has 6 heteroatoms. The van der Waals surface area contributed by atoms with Gasteiger partial charge in [-0.2, -0.15) is 5.10 Å². The molecule has 0 aliphatic heterocycles. The van der Waals surface area contributed by atoms with Gasteiger partial charge in [0.2, 0.25) is 0 Å². The molecule has 2 aromatic rings. The number of phenolic OH excluding ortho intramolecular Hbond substituents is 1. The van der Waals surface area contributed by atoms with E-state index in [4.69, 9.17) is 9.47 Å². The number of carbonyl (C=O) groups excluding carboxylic acids is 1. The number of carbonyl (C=O) groups is 1. The molecule has 23 heavy (non-hydrogen) atoms. The van der Waals surface area contributed by atoms with Crippen LogP contribution in [0.3, 0.4) is 0 Å². The summed E-state index contributed by atoms with van der Waals surface area (Å²) >= 11 is 0. The van der Waals surface area contributed by atoms with E-state index < -0.39 is 0 Å². The summed E-state index contributed by atoms with van der Waals surface area (Å²) in [4.78, 5) is 12.1. The van der Waals surface area contributed by atoms with Gasteiger partial charge in [-0.1, -0.05) is 6.07 Å². The van der Waals surface area contributed by atoms with Gasteiger partial charge in [-0.25, -0.2) is 5.43 Å². The van der Waals surface area contributed by atoms with Gasteiger partial charge >= 0.3 is 0 Å². The molecule has 0 atom stereocenters. The molecule has 2 aromatic carbocycles. The fourth-order valence-electron chi connectivity index (χ4n) is 1.93. The third-order valence-corrected chi connectivity index (χ3v) is 3.25. The minimum Gasteiger partial charge on any atom is -0.504 e. The highest BCUT2D eigenvalue weighted by atomic mass is 16.5. The monoisotopic (exact) mass is 314 g/mol. The Hall–Kier alpha value is -3.02. The number of ether oxygens (including phenoxy) is 2. The highest BCUT2D eigenvalue weighted by Gasteiger charge is 2.08. The van der Waals surface area contributed by atoms with Crippen molar-refractivity contribution in [2.24, 2.45) is 5.10 Å². The average Bonchev–Trinajstić information content (AvgIpc) is 2.59. The van der Waals surface area contributed by atoms with Crippen LogP contribution in [0, 0.1) is 0 Å². The van der Waals surface area contributed by atoms with Crippen LogP contribution < -0.4 is 14.9 Å². The van der Waals surface area contributed by atoms with Crippen LogP contribution in [-0.4, -0.2) is 30.9 Å². The van der Waals surface area contributed by atoms with Crippen molar-refractivity contribution in [3.05, 3.63) is 53.6 Å². The molecule has 0 radical (unpaired) electrons. The van der Waals surface area contributed by atoms with Gasteiger partial charge in [-0.3, -0.25) is 4.79 Å². The van der Waals surface area contributed by atoms with E-state index in [2.05, 4.69) is 10.5 Å². The predicted molar refractivity (Wildman–Crippen MR) is 87.3 cm³/mol. The summed E-state index contributed by atoms with van der Waals surface area (Å²) in [6, 6.07) is 11.6. The fourth-order valence-corrected chi connectivity index (χ4v) is 1.93. The summed E-state index contributed by atoms with van der Waals surface area (Å²) in [6.45, 7) is 1.75. The lowest BCUT2D eigenvalue weighted by Crippen LogP contribution is -2.19. The number of phenols is 1. The molecule has 0 heterocycles. The summed E-state index contributed by atoms with van der Waals surface area (Å²) in [5, 5.41) is 13.7. The fraction of sp³-hybridized carbons (Fsp3) is 0.176. The van der Waals surface area contributed by atoms with E-state index in [1.807, 2.05) is 0 Å². The van der Waals surface area contributed by atoms with Gasteiger partial charge in [0, 0.05) is 11.1 Å². The number of rotatable bonds is 5. The second-order valence-electron chi connectivity index (χ2n) is 4.76. The van der Waals surface area contributed by atoms with E-state index in [1.165, 1.54) is 20.3 Å². The maximum Gasteiger partial charge on any atom is 0.271 e. The van der Waals surface area contributed by atoms with Crippen molar-refractivity contribution in [3.63, 3.8) is 0 Å². The molecule has 0 aliphatic rings. The molecular formula is C17H18N2O4.